The maximum Gasteiger partial charge on any atom is 0.107 e. The van der Waals surface area contributed by atoms with Crippen LogP contribution < -0.4 is 10.6 Å². The molecule has 1 fully saturated rings. The summed E-state index contributed by atoms with van der Waals surface area (Å²) in [5.74, 6) is 0. The van der Waals surface area contributed by atoms with E-state index >= 15 is 0 Å². The molecule has 4 nitrogen and oxygen atoms in total. The summed E-state index contributed by atoms with van der Waals surface area (Å²) in [6.07, 6.45) is 1.15. The summed E-state index contributed by atoms with van der Waals surface area (Å²) < 4.78 is 0. The first-order chi connectivity index (χ1) is 9.40. The van der Waals surface area contributed by atoms with E-state index in [4.69, 9.17) is 18.0 Å². The number of aromatic nitrogens is 1. The Balaban J connectivity index is 2.47. The topological polar surface area (TPSA) is 45.4 Å². The molecule has 20 heavy (non-hydrogen) atoms. The number of pyridine rings is 1. The molecule has 0 radical (unpaired) electrons. The van der Waals surface area contributed by atoms with Crippen molar-refractivity contribution in [3.8, 4) is 0 Å². The van der Waals surface area contributed by atoms with Gasteiger partial charge in [0.1, 0.15) is 4.99 Å². The van der Waals surface area contributed by atoms with Gasteiger partial charge in [0, 0.05) is 30.5 Å². The van der Waals surface area contributed by atoms with E-state index in [1.807, 2.05) is 13.8 Å². The number of likely N-dealkylation sites (N-methyl/N-ethyl adjacent to an activating group) is 1. The Bertz CT molecular complexity index is 515. The molecule has 2 rings (SSSR count). The zero-order chi connectivity index (χ0) is 14.9. The molecule has 0 bridgehead atoms. The van der Waals surface area contributed by atoms with Crippen molar-refractivity contribution in [2.45, 2.75) is 33.2 Å². The van der Waals surface area contributed by atoms with Crippen LogP contribution in [-0.2, 0) is 0 Å². The molecule has 0 amide bonds. The van der Waals surface area contributed by atoms with E-state index in [1.54, 1.807) is 0 Å². The molecule has 1 saturated heterocycles. The quantitative estimate of drug-likeness (QED) is 0.843. The zero-order valence-corrected chi connectivity index (χ0v) is 13.6. The summed E-state index contributed by atoms with van der Waals surface area (Å²) in [7, 11) is 2.18. The van der Waals surface area contributed by atoms with Gasteiger partial charge in [0.05, 0.1) is 11.3 Å². The maximum absolute atomic E-state index is 5.94. The predicted octanol–water partition coefficient (Wildman–Crippen LogP) is 1.86. The Morgan fingerprint density at radius 3 is 2.75 bits per heavy atom. The molecule has 0 aromatic carbocycles. The Morgan fingerprint density at radius 2 is 2.10 bits per heavy atom. The van der Waals surface area contributed by atoms with Gasteiger partial charge >= 0.3 is 0 Å². The van der Waals surface area contributed by atoms with E-state index in [9.17, 15) is 0 Å². The number of thiocarbonyl (C=S) groups is 1. The van der Waals surface area contributed by atoms with Crippen molar-refractivity contribution in [2.75, 3.05) is 31.6 Å². The van der Waals surface area contributed by atoms with E-state index in [0.29, 0.717) is 11.0 Å². The van der Waals surface area contributed by atoms with Crippen molar-refractivity contribution in [1.29, 1.82) is 0 Å². The van der Waals surface area contributed by atoms with Crippen LogP contribution in [0.2, 0.25) is 0 Å². The van der Waals surface area contributed by atoms with E-state index in [0.717, 1.165) is 48.7 Å². The number of aryl methyl sites for hydroxylation is 2. The largest absolute Gasteiger partial charge is 0.389 e. The lowest BCUT2D eigenvalue weighted by Gasteiger charge is -2.32. The maximum atomic E-state index is 5.94. The Kier molecular flexibility index (Phi) is 4.60. The zero-order valence-electron chi connectivity index (χ0n) is 12.8. The molecular formula is C15H24N4S. The van der Waals surface area contributed by atoms with Crippen LogP contribution >= 0.6 is 12.2 Å². The number of nitrogens with two attached hydrogens (primary N) is 1. The monoisotopic (exact) mass is 292 g/mol. The fourth-order valence-corrected chi connectivity index (χ4v) is 3.32. The molecule has 2 N–H and O–H groups in total. The minimum Gasteiger partial charge on any atom is -0.389 e. The fourth-order valence-electron chi connectivity index (χ4n) is 3.07. The first-order valence-electron chi connectivity index (χ1n) is 7.13. The van der Waals surface area contributed by atoms with Crippen LogP contribution in [0.4, 0.5) is 5.69 Å². The van der Waals surface area contributed by atoms with Gasteiger partial charge in [-0.1, -0.05) is 12.2 Å². The fraction of sp³-hybridized carbons (Fsp3) is 0.600. The number of hydrogen-bond acceptors (Lipinski definition) is 4. The third-order valence-corrected chi connectivity index (χ3v) is 4.11. The lowest BCUT2D eigenvalue weighted by Crippen LogP contribution is -2.39. The second-order valence-electron chi connectivity index (χ2n) is 5.77. The SMILES string of the molecule is Cc1cc(N2CCCN(C)CC2C)c(C(N)=S)c(C)n1. The summed E-state index contributed by atoms with van der Waals surface area (Å²) in [6, 6.07) is 2.56. The summed E-state index contributed by atoms with van der Waals surface area (Å²) in [6.45, 7) is 9.48. The average molecular weight is 292 g/mol. The molecule has 5 heteroatoms. The number of anilines is 1. The molecule has 2 heterocycles. The van der Waals surface area contributed by atoms with Crippen LogP contribution in [0.15, 0.2) is 6.07 Å². The minimum absolute atomic E-state index is 0.440. The van der Waals surface area contributed by atoms with Gasteiger partial charge in [-0.2, -0.15) is 0 Å². The van der Waals surface area contributed by atoms with E-state index in [1.165, 1.54) is 0 Å². The van der Waals surface area contributed by atoms with Gasteiger partial charge in [-0.25, -0.2) is 0 Å². The van der Waals surface area contributed by atoms with Gasteiger partial charge in [0.2, 0.25) is 0 Å². The predicted molar refractivity (Wildman–Crippen MR) is 88.5 cm³/mol. The summed E-state index contributed by atoms with van der Waals surface area (Å²) in [4.78, 5) is 9.76. The smallest absolute Gasteiger partial charge is 0.107 e. The second kappa shape index (κ2) is 6.06. The molecule has 1 aromatic heterocycles. The molecule has 0 spiro atoms. The Morgan fingerprint density at radius 1 is 1.40 bits per heavy atom. The summed E-state index contributed by atoms with van der Waals surface area (Å²) in [5.41, 5.74) is 9.96. The van der Waals surface area contributed by atoms with Crippen molar-refractivity contribution >= 4 is 22.9 Å². The van der Waals surface area contributed by atoms with Crippen LogP contribution in [0.3, 0.4) is 0 Å². The van der Waals surface area contributed by atoms with Crippen LogP contribution in [0, 0.1) is 13.8 Å². The molecular weight excluding hydrogens is 268 g/mol. The lowest BCUT2D eigenvalue weighted by atomic mass is 10.1. The first kappa shape index (κ1) is 15.2. The minimum atomic E-state index is 0.440. The summed E-state index contributed by atoms with van der Waals surface area (Å²) in [5, 5.41) is 0. The highest BCUT2D eigenvalue weighted by Gasteiger charge is 2.24. The van der Waals surface area contributed by atoms with Gasteiger partial charge in [-0.3, -0.25) is 4.98 Å². The van der Waals surface area contributed by atoms with Crippen LogP contribution in [0.1, 0.15) is 30.3 Å². The molecule has 1 atom stereocenters. The molecule has 110 valence electrons. The highest BCUT2D eigenvalue weighted by Crippen LogP contribution is 2.27. The van der Waals surface area contributed by atoms with Gasteiger partial charge < -0.3 is 15.5 Å². The van der Waals surface area contributed by atoms with Crippen LogP contribution in [-0.4, -0.2) is 47.6 Å². The molecule has 0 saturated carbocycles. The van der Waals surface area contributed by atoms with E-state index < -0.39 is 0 Å². The van der Waals surface area contributed by atoms with Crippen LogP contribution in [0.25, 0.3) is 0 Å². The van der Waals surface area contributed by atoms with Crippen molar-refractivity contribution in [3.05, 3.63) is 23.0 Å². The third-order valence-electron chi connectivity index (χ3n) is 3.91. The van der Waals surface area contributed by atoms with Crippen molar-refractivity contribution in [3.63, 3.8) is 0 Å². The first-order valence-corrected chi connectivity index (χ1v) is 7.54. The number of hydrogen-bond donors (Lipinski definition) is 1. The highest BCUT2D eigenvalue weighted by molar-refractivity contribution is 7.80. The van der Waals surface area contributed by atoms with Crippen molar-refractivity contribution in [1.82, 2.24) is 9.88 Å². The third kappa shape index (κ3) is 3.10. The van der Waals surface area contributed by atoms with E-state index in [-0.39, 0.29) is 0 Å². The molecule has 1 aliphatic rings. The van der Waals surface area contributed by atoms with Crippen LogP contribution in [0.5, 0.6) is 0 Å². The van der Waals surface area contributed by atoms with Gasteiger partial charge in [0.25, 0.3) is 0 Å². The highest BCUT2D eigenvalue weighted by atomic mass is 32.1. The molecule has 1 aliphatic heterocycles. The normalized spacial score (nSPS) is 20.8. The molecule has 0 aliphatic carbocycles. The van der Waals surface area contributed by atoms with Gasteiger partial charge in [0.15, 0.2) is 0 Å². The van der Waals surface area contributed by atoms with Gasteiger partial charge in [-0.05, 0) is 46.9 Å². The molecule has 1 unspecified atom stereocenters. The van der Waals surface area contributed by atoms with Gasteiger partial charge in [-0.15, -0.1) is 0 Å². The Labute approximate surface area is 127 Å². The lowest BCUT2D eigenvalue weighted by molar-refractivity contribution is 0.337. The van der Waals surface area contributed by atoms with Crippen molar-refractivity contribution < 1.29 is 0 Å². The second-order valence-corrected chi connectivity index (χ2v) is 6.21. The van der Waals surface area contributed by atoms with Crippen molar-refractivity contribution in [2.24, 2.45) is 5.73 Å². The van der Waals surface area contributed by atoms with E-state index in [2.05, 4.69) is 34.8 Å². The Hall–Kier alpha value is -1.20. The standard InChI is InChI=1S/C15H24N4S/c1-10-8-13(14(15(16)20)12(3)17-10)19-7-5-6-18(4)9-11(19)2/h8,11H,5-7,9H2,1-4H3,(H2,16,20). The number of nitrogens with zero attached hydrogens (tertiary/aromatic N) is 3. The number of rotatable bonds is 2. The average Bonchev–Trinajstić information content (AvgIpc) is 2.48. The molecule has 1 aromatic rings. The summed E-state index contributed by atoms with van der Waals surface area (Å²) >= 11 is 5.25.